The highest BCUT2D eigenvalue weighted by Crippen LogP contribution is 2.01. The average Bonchev–Trinajstić information content (AvgIpc) is 2.36. The van der Waals surface area contributed by atoms with E-state index in [2.05, 4.69) is 16.0 Å². The number of hydrogen-bond donors (Lipinski definition) is 4. The molecule has 7 heteroatoms. The van der Waals surface area contributed by atoms with Crippen LogP contribution < -0.4 is 16.0 Å². The first-order valence-electron chi connectivity index (χ1n) is 7.44. The van der Waals surface area contributed by atoms with Gasteiger partial charge in [0.15, 0.2) is 0 Å². The van der Waals surface area contributed by atoms with E-state index in [1.807, 2.05) is 13.8 Å². The van der Waals surface area contributed by atoms with Gasteiger partial charge >= 0.3 is 12.0 Å². The van der Waals surface area contributed by atoms with Gasteiger partial charge < -0.3 is 21.1 Å². The maximum Gasteiger partial charge on any atom is 0.314 e. The molecule has 0 heterocycles. The van der Waals surface area contributed by atoms with Crippen LogP contribution in [0.4, 0.5) is 4.79 Å². The number of nitrogens with one attached hydrogen (secondary N) is 3. The van der Waals surface area contributed by atoms with Crippen molar-refractivity contribution in [1.29, 1.82) is 0 Å². The largest absolute Gasteiger partial charge is 0.481 e. The lowest BCUT2D eigenvalue weighted by atomic mass is 10.1. The van der Waals surface area contributed by atoms with E-state index in [1.165, 1.54) is 0 Å². The molecule has 7 nitrogen and oxygen atoms in total. The van der Waals surface area contributed by atoms with Crippen molar-refractivity contribution in [2.45, 2.75) is 58.4 Å². The van der Waals surface area contributed by atoms with Gasteiger partial charge in [0.1, 0.15) is 0 Å². The zero-order valence-corrected chi connectivity index (χ0v) is 12.9. The molecule has 0 aromatic rings. The van der Waals surface area contributed by atoms with Crippen LogP contribution in [0.1, 0.15) is 52.4 Å². The number of aliphatic carboxylic acids is 1. The molecule has 0 rings (SSSR count). The minimum absolute atomic E-state index is 0.0799. The molecule has 0 radical (unpaired) electrons. The zero-order valence-electron chi connectivity index (χ0n) is 12.9. The molecule has 0 aromatic heterocycles. The molecule has 0 saturated heterocycles. The molecule has 0 saturated carbocycles. The SMILES string of the molecule is CC(C)NC(=O)CCNC(=O)NCCCCCCC(=O)O. The highest BCUT2D eigenvalue weighted by Gasteiger charge is 2.04. The Morgan fingerprint density at radius 1 is 0.905 bits per heavy atom. The summed E-state index contributed by atoms with van der Waals surface area (Å²) in [7, 11) is 0. The summed E-state index contributed by atoms with van der Waals surface area (Å²) in [6.45, 7) is 4.63. The van der Waals surface area contributed by atoms with Crippen molar-refractivity contribution >= 4 is 17.9 Å². The Morgan fingerprint density at radius 2 is 1.52 bits per heavy atom. The third-order valence-corrected chi connectivity index (χ3v) is 2.69. The van der Waals surface area contributed by atoms with E-state index in [9.17, 15) is 14.4 Å². The van der Waals surface area contributed by atoms with E-state index in [1.54, 1.807) is 0 Å². The molecule has 0 aliphatic rings. The van der Waals surface area contributed by atoms with Gasteiger partial charge in [-0.25, -0.2) is 4.79 Å². The average molecular weight is 301 g/mol. The van der Waals surface area contributed by atoms with Crippen molar-refractivity contribution in [1.82, 2.24) is 16.0 Å². The van der Waals surface area contributed by atoms with Gasteiger partial charge in [0, 0.05) is 32.0 Å². The summed E-state index contributed by atoms with van der Waals surface area (Å²) < 4.78 is 0. The molecule has 21 heavy (non-hydrogen) atoms. The molecule has 0 bridgehead atoms. The Balaban J connectivity index is 3.38. The molecule has 0 spiro atoms. The Hall–Kier alpha value is -1.79. The van der Waals surface area contributed by atoms with Gasteiger partial charge in [-0.15, -0.1) is 0 Å². The number of carbonyl (C=O) groups excluding carboxylic acids is 2. The van der Waals surface area contributed by atoms with Crippen LogP contribution >= 0.6 is 0 Å². The standard InChI is InChI=1S/C14H27N3O4/c1-11(2)17-12(18)8-10-16-14(21)15-9-6-4-3-5-7-13(19)20/h11H,3-10H2,1-2H3,(H,17,18)(H,19,20)(H2,15,16,21). The fraction of sp³-hybridized carbons (Fsp3) is 0.786. The maximum atomic E-state index is 11.4. The van der Waals surface area contributed by atoms with Crippen LogP contribution in [0, 0.1) is 0 Å². The first-order chi connectivity index (χ1) is 9.91. The molecular weight excluding hydrogens is 274 g/mol. The van der Waals surface area contributed by atoms with Gasteiger partial charge in [-0.1, -0.05) is 12.8 Å². The fourth-order valence-electron chi connectivity index (χ4n) is 1.70. The lowest BCUT2D eigenvalue weighted by Crippen LogP contribution is -2.39. The normalized spacial score (nSPS) is 10.2. The minimum atomic E-state index is -0.769. The number of urea groups is 1. The first-order valence-corrected chi connectivity index (χ1v) is 7.44. The molecule has 0 aromatic carbocycles. The smallest absolute Gasteiger partial charge is 0.314 e. The number of carbonyl (C=O) groups is 3. The second kappa shape index (κ2) is 12.0. The Kier molecular flexibility index (Phi) is 11.0. The Morgan fingerprint density at radius 3 is 2.14 bits per heavy atom. The Bertz CT molecular complexity index is 332. The predicted molar refractivity (Wildman–Crippen MR) is 80.0 cm³/mol. The van der Waals surface area contributed by atoms with Gasteiger partial charge in [-0.05, 0) is 26.7 Å². The summed E-state index contributed by atoms with van der Waals surface area (Å²) >= 11 is 0. The van der Waals surface area contributed by atoms with Crippen LogP contribution in [0.25, 0.3) is 0 Å². The lowest BCUT2D eigenvalue weighted by molar-refractivity contribution is -0.137. The van der Waals surface area contributed by atoms with E-state index in [-0.39, 0.29) is 30.8 Å². The van der Waals surface area contributed by atoms with Crippen LogP contribution in [-0.2, 0) is 9.59 Å². The third kappa shape index (κ3) is 14.4. The van der Waals surface area contributed by atoms with Crippen molar-refractivity contribution in [2.24, 2.45) is 0 Å². The summed E-state index contributed by atoms with van der Waals surface area (Å²) in [5.41, 5.74) is 0. The van der Waals surface area contributed by atoms with Crippen molar-refractivity contribution in [3.63, 3.8) is 0 Å². The summed E-state index contributed by atoms with van der Waals surface area (Å²) in [6, 6.07) is -0.176. The van der Waals surface area contributed by atoms with Crippen molar-refractivity contribution in [3.8, 4) is 0 Å². The number of hydrogen-bond acceptors (Lipinski definition) is 3. The van der Waals surface area contributed by atoms with Gasteiger partial charge in [0.05, 0.1) is 0 Å². The minimum Gasteiger partial charge on any atom is -0.481 e. The van der Waals surface area contributed by atoms with E-state index in [0.29, 0.717) is 19.5 Å². The van der Waals surface area contributed by atoms with Gasteiger partial charge in [0.2, 0.25) is 5.91 Å². The number of carboxylic acid groups (broad SMARTS) is 1. The van der Waals surface area contributed by atoms with Gasteiger partial charge in [-0.2, -0.15) is 0 Å². The highest BCUT2D eigenvalue weighted by atomic mass is 16.4. The molecule has 4 N–H and O–H groups in total. The quantitative estimate of drug-likeness (QED) is 0.430. The van der Waals surface area contributed by atoms with Crippen LogP contribution in [0.15, 0.2) is 0 Å². The molecule has 122 valence electrons. The summed E-state index contributed by atoms with van der Waals surface area (Å²) in [5, 5.41) is 16.5. The number of unbranched alkanes of at least 4 members (excludes halogenated alkanes) is 3. The summed E-state index contributed by atoms with van der Waals surface area (Å²) in [5.74, 6) is -0.849. The zero-order chi connectivity index (χ0) is 16.1. The second-order valence-electron chi connectivity index (χ2n) is 5.21. The van der Waals surface area contributed by atoms with Crippen molar-refractivity contribution in [3.05, 3.63) is 0 Å². The number of amides is 3. The number of carboxylic acids is 1. The topological polar surface area (TPSA) is 108 Å². The molecule has 0 unspecified atom stereocenters. The lowest BCUT2D eigenvalue weighted by Gasteiger charge is -2.09. The van der Waals surface area contributed by atoms with Crippen LogP contribution in [0.3, 0.4) is 0 Å². The fourth-order valence-corrected chi connectivity index (χ4v) is 1.70. The maximum absolute atomic E-state index is 11.4. The van der Waals surface area contributed by atoms with E-state index < -0.39 is 5.97 Å². The highest BCUT2D eigenvalue weighted by molar-refractivity contribution is 5.78. The van der Waals surface area contributed by atoms with E-state index in [4.69, 9.17) is 5.11 Å². The third-order valence-electron chi connectivity index (χ3n) is 2.69. The molecular formula is C14H27N3O4. The number of rotatable bonds is 11. The van der Waals surface area contributed by atoms with Gasteiger partial charge in [0.25, 0.3) is 0 Å². The summed E-state index contributed by atoms with van der Waals surface area (Å²) in [4.78, 5) is 33.0. The first kappa shape index (κ1) is 19.2. The van der Waals surface area contributed by atoms with Crippen molar-refractivity contribution < 1.29 is 19.5 Å². The van der Waals surface area contributed by atoms with Gasteiger partial charge in [-0.3, -0.25) is 9.59 Å². The van der Waals surface area contributed by atoms with Crippen LogP contribution in [0.5, 0.6) is 0 Å². The second-order valence-corrected chi connectivity index (χ2v) is 5.21. The molecule has 0 aliphatic heterocycles. The van der Waals surface area contributed by atoms with E-state index >= 15 is 0 Å². The monoisotopic (exact) mass is 301 g/mol. The van der Waals surface area contributed by atoms with Crippen molar-refractivity contribution in [2.75, 3.05) is 13.1 Å². The molecule has 3 amide bonds. The Labute approximate surface area is 125 Å². The molecule has 0 aliphatic carbocycles. The molecule has 0 fully saturated rings. The van der Waals surface area contributed by atoms with Crippen LogP contribution in [0.2, 0.25) is 0 Å². The van der Waals surface area contributed by atoms with E-state index in [0.717, 1.165) is 19.3 Å². The van der Waals surface area contributed by atoms with Crippen LogP contribution in [-0.4, -0.2) is 42.1 Å². The molecule has 0 atom stereocenters. The summed E-state index contributed by atoms with van der Waals surface area (Å²) in [6.07, 6.45) is 3.70. The predicted octanol–water partition coefficient (Wildman–Crippen LogP) is 1.24.